The highest BCUT2D eigenvalue weighted by atomic mass is 35.5. The number of hydrogen-bond donors (Lipinski definition) is 1. The molecule has 0 aliphatic heterocycles. The van der Waals surface area contributed by atoms with Crippen molar-refractivity contribution in [3.8, 4) is 0 Å². The number of ether oxygens (including phenoxy) is 3. The van der Waals surface area contributed by atoms with Crippen LogP contribution in [0.25, 0.3) is 0 Å². The Hall–Kier alpha value is -1.76. The van der Waals surface area contributed by atoms with Crippen molar-refractivity contribution >= 4 is 29.6 Å². The average molecular weight is 322 g/mol. The Morgan fingerprint density at radius 2 is 1.90 bits per heavy atom. The van der Waals surface area contributed by atoms with Gasteiger partial charge in [-0.05, 0) is 13.8 Å². The third kappa shape index (κ3) is 10.7. The Labute approximate surface area is 128 Å². The van der Waals surface area contributed by atoms with E-state index in [0.29, 0.717) is 0 Å². The maximum Gasteiger partial charge on any atom is 0.407 e. The molecule has 0 unspecified atom stereocenters. The minimum Gasteiger partial charge on any atom is -0.461 e. The van der Waals surface area contributed by atoms with Gasteiger partial charge in [0, 0.05) is 6.08 Å². The first-order valence-electron chi connectivity index (χ1n) is 6.28. The molecule has 120 valence electrons. The highest BCUT2D eigenvalue weighted by molar-refractivity contribution is 6.18. The molecule has 0 spiro atoms. The molecule has 0 bridgehead atoms. The van der Waals surface area contributed by atoms with Crippen LogP contribution in [0.1, 0.15) is 20.3 Å². The van der Waals surface area contributed by atoms with Gasteiger partial charge in [-0.1, -0.05) is 6.58 Å². The van der Waals surface area contributed by atoms with Crippen LogP contribution >= 0.6 is 11.6 Å². The van der Waals surface area contributed by atoms with Gasteiger partial charge in [0.15, 0.2) is 0 Å². The molecule has 0 saturated heterocycles. The quantitative estimate of drug-likeness (QED) is 0.227. The number of hydrogen-bond acceptors (Lipinski definition) is 6. The second-order valence-corrected chi connectivity index (χ2v) is 4.82. The van der Waals surface area contributed by atoms with E-state index in [9.17, 15) is 14.4 Å². The summed E-state index contributed by atoms with van der Waals surface area (Å²) in [6.07, 6.45) is 0.236. The van der Waals surface area contributed by atoms with Crippen molar-refractivity contribution in [2.45, 2.75) is 25.9 Å². The maximum absolute atomic E-state index is 11.4. The van der Waals surface area contributed by atoms with Gasteiger partial charge in [0.1, 0.15) is 18.8 Å². The van der Waals surface area contributed by atoms with E-state index in [4.69, 9.17) is 21.1 Å². The summed E-state index contributed by atoms with van der Waals surface area (Å²) in [7, 11) is 0. The Balaban J connectivity index is 3.68. The normalized spacial score (nSPS) is 10.4. The zero-order chi connectivity index (χ0) is 16.3. The first kappa shape index (κ1) is 19.2. The number of rotatable bonds is 9. The summed E-state index contributed by atoms with van der Waals surface area (Å²) in [4.78, 5) is 33.3. The van der Waals surface area contributed by atoms with Crippen LogP contribution in [0, 0.1) is 0 Å². The fourth-order valence-electron chi connectivity index (χ4n) is 1.03. The van der Waals surface area contributed by atoms with Gasteiger partial charge in [-0.15, -0.1) is 11.6 Å². The van der Waals surface area contributed by atoms with Gasteiger partial charge in [-0.3, -0.25) is 4.79 Å². The number of esters is 2. The second-order valence-electron chi connectivity index (χ2n) is 4.55. The molecule has 0 rings (SSSR count). The molecule has 7 nitrogen and oxygen atoms in total. The molecular weight excluding hydrogens is 302 g/mol. The van der Waals surface area contributed by atoms with Gasteiger partial charge < -0.3 is 19.5 Å². The molecule has 0 radical (unpaired) electrons. The van der Waals surface area contributed by atoms with Gasteiger partial charge in [0.05, 0.1) is 18.8 Å². The predicted octanol–water partition coefficient (Wildman–Crippen LogP) is 1.39. The zero-order valence-electron chi connectivity index (χ0n) is 12.1. The fraction of sp³-hybridized carbons (Fsp3) is 0.615. The smallest absolute Gasteiger partial charge is 0.407 e. The lowest BCUT2D eigenvalue weighted by molar-refractivity contribution is -0.155. The molecule has 8 heteroatoms. The Bertz CT molecular complexity index is 383. The number of alkyl halides is 1. The predicted molar refractivity (Wildman–Crippen MR) is 76.0 cm³/mol. The van der Waals surface area contributed by atoms with Crippen molar-refractivity contribution in [3.63, 3.8) is 0 Å². The molecule has 0 aromatic carbocycles. The highest BCUT2D eigenvalue weighted by Crippen LogP contribution is 2.12. The molecule has 0 heterocycles. The molecule has 0 aromatic heterocycles. The van der Waals surface area contributed by atoms with E-state index >= 15 is 0 Å². The topological polar surface area (TPSA) is 90.9 Å². The van der Waals surface area contributed by atoms with Crippen LogP contribution in [0.15, 0.2) is 12.7 Å². The van der Waals surface area contributed by atoms with Crippen molar-refractivity contribution in [1.82, 2.24) is 5.32 Å². The van der Waals surface area contributed by atoms with Gasteiger partial charge >= 0.3 is 18.0 Å². The maximum atomic E-state index is 11.4. The lowest BCUT2D eigenvalue weighted by Crippen LogP contribution is -2.31. The number of amides is 1. The Morgan fingerprint density at radius 3 is 2.48 bits per heavy atom. The minimum absolute atomic E-state index is 0.00586. The summed E-state index contributed by atoms with van der Waals surface area (Å²) in [5, 5.41) is 2.35. The zero-order valence-corrected chi connectivity index (χ0v) is 12.9. The molecule has 0 aliphatic carbocycles. The van der Waals surface area contributed by atoms with Crippen LogP contribution in [0.5, 0.6) is 0 Å². The van der Waals surface area contributed by atoms with E-state index in [1.807, 2.05) is 0 Å². The molecular formula is C13H20ClNO6. The van der Waals surface area contributed by atoms with Crippen LogP contribution in [-0.2, 0) is 23.8 Å². The van der Waals surface area contributed by atoms with Gasteiger partial charge in [0.2, 0.25) is 0 Å². The summed E-state index contributed by atoms with van der Waals surface area (Å²) in [5.74, 6) is -0.910. The van der Waals surface area contributed by atoms with E-state index < -0.39 is 23.6 Å². The summed E-state index contributed by atoms with van der Waals surface area (Å²) in [6.45, 7) is 6.57. The first-order chi connectivity index (χ1) is 9.80. The molecule has 0 atom stereocenters. The van der Waals surface area contributed by atoms with E-state index in [0.717, 1.165) is 6.08 Å². The second kappa shape index (κ2) is 10.0. The SMILES string of the molecule is C=CC(=O)OCCNC(=O)OCCC(=O)OC(C)(C)CCl. The highest BCUT2D eigenvalue weighted by Gasteiger charge is 2.21. The number of nitrogens with one attached hydrogen (secondary N) is 1. The van der Waals surface area contributed by atoms with Crippen LogP contribution < -0.4 is 5.32 Å². The first-order valence-corrected chi connectivity index (χ1v) is 6.82. The third-order valence-electron chi connectivity index (χ3n) is 2.03. The number of carbonyl (C=O) groups excluding carboxylic acids is 3. The van der Waals surface area contributed by atoms with Crippen LogP contribution in [0.2, 0.25) is 0 Å². The van der Waals surface area contributed by atoms with E-state index in [1.165, 1.54) is 0 Å². The summed E-state index contributed by atoms with van der Waals surface area (Å²) < 4.78 is 14.4. The fourth-order valence-corrected chi connectivity index (χ4v) is 1.08. The summed E-state index contributed by atoms with van der Waals surface area (Å²) in [6, 6.07) is 0. The molecule has 21 heavy (non-hydrogen) atoms. The minimum atomic E-state index is -0.754. The standard InChI is InChI=1S/C13H20ClNO6/c1-4-10(16)19-8-6-15-12(18)20-7-5-11(17)21-13(2,3)9-14/h4H,1,5-9H2,2-3H3,(H,15,18). The monoisotopic (exact) mass is 321 g/mol. The van der Waals surface area contributed by atoms with Gasteiger partial charge in [0.25, 0.3) is 0 Å². The average Bonchev–Trinajstić information content (AvgIpc) is 2.42. The van der Waals surface area contributed by atoms with Crippen molar-refractivity contribution in [3.05, 3.63) is 12.7 Å². The van der Waals surface area contributed by atoms with Crippen LogP contribution in [-0.4, -0.2) is 49.3 Å². The molecule has 0 saturated carbocycles. The van der Waals surface area contributed by atoms with Gasteiger partial charge in [-0.25, -0.2) is 9.59 Å². The largest absolute Gasteiger partial charge is 0.461 e. The van der Waals surface area contributed by atoms with E-state index in [2.05, 4.69) is 16.6 Å². The molecule has 1 amide bonds. The molecule has 0 aromatic rings. The van der Waals surface area contributed by atoms with E-state index in [-0.39, 0.29) is 32.1 Å². The van der Waals surface area contributed by atoms with Crippen LogP contribution in [0.4, 0.5) is 4.79 Å². The summed E-state index contributed by atoms with van der Waals surface area (Å²) in [5.41, 5.74) is -0.754. The summed E-state index contributed by atoms with van der Waals surface area (Å²) >= 11 is 5.61. The number of halogens is 1. The van der Waals surface area contributed by atoms with Crippen LogP contribution in [0.3, 0.4) is 0 Å². The third-order valence-corrected chi connectivity index (χ3v) is 2.68. The Morgan fingerprint density at radius 1 is 1.24 bits per heavy atom. The lowest BCUT2D eigenvalue weighted by Gasteiger charge is -2.21. The molecule has 1 N–H and O–H groups in total. The molecule has 0 aliphatic rings. The van der Waals surface area contributed by atoms with Crippen molar-refractivity contribution in [2.24, 2.45) is 0 Å². The van der Waals surface area contributed by atoms with Gasteiger partial charge in [-0.2, -0.15) is 0 Å². The lowest BCUT2D eigenvalue weighted by atomic mass is 10.2. The number of alkyl carbamates (subject to hydrolysis) is 1. The molecule has 0 fully saturated rings. The Kier molecular flexibility index (Phi) is 9.20. The van der Waals surface area contributed by atoms with Crippen molar-refractivity contribution in [1.29, 1.82) is 0 Å². The van der Waals surface area contributed by atoms with E-state index in [1.54, 1.807) is 13.8 Å². The van der Waals surface area contributed by atoms with Crippen molar-refractivity contribution in [2.75, 3.05) is 25.6 Å². The number of carbonyl (C=O) groups is 3. The van der Waals surface area contributed by atoms with Crippen molar-refractivity contribution < 1.29 is 28.6 Å².